The van der Waals surface area contributed by atoms with Gasteiger partial charge in [-0.2, -0.15) is 0 Å². The van der Waals surface area contributed by atoms with Crippen molar-refractivity contribution in [2.75, 3.05) is 26.7 Å². The van der Waals surface area contributed by atoms with Gasteiger partial charge in [-0.05, 0) is 25.5 Å². The highest BCUT2D eigenvalue weighted by Gasteiger charge is 2.05. The predicted octanol–water partition coefficient (Wildman–Crippen LogP) is 2.15. The van der Waals surface area contributed by atoms with Crippen LogP contribution < -0.4 is 20.7 Å². The van der Waals surface area contributed by atoms with Gasteiger partial charge in [-0.1, -0.05) is 25.1 Å². The van der Waals surface area contributed by atoms with Crippen LogP contribution in [0.2, 0.25) is 0 Å². The second-order valence-electron chi connectivity index (χ2n) is 5.21. The molecule has 0 aromatic heterocycles. The van der Waals surface area contributed by atoms with Crippen molar-refractivity contribution >= 4 is 35.8 Å². The van der Waals surface area contributed by atoms with Crippen LogP contribution in [-0.2, 0) is 4.79 Å². The van der Waals surface area contributed by atoms with Crippen molar-refractivity contribution in [3.05, 3.63) is 30.3 Å². The van der Waals surface area contributed by atoms with E-state index in [1.54, 1.807) is 7.05 Å². The molecule has 1 aromatic rings. The van der Waals surface area contributed by atoms with Crippen LogP contribution in [-0.4, -0.2) is 44.7 Å². The number of nitrogens with zero attached hydrogens (tertiary/aromatic N) is 1. The lowest BCUT2D eigenvalue weighted by Gasteiger charge is -2.14. The van der Waals surface area contributed by atoms with E-state index >= 15 is 0 Å². The van der Waals surface area contributed by atoms with E-state index < -0.39 is 0 Å². The molecular formula is C17H29IN4O2. The monoisotopic (exact) mass is 448 g/mol. The summed E-state index contributed by atoms with van der Waals surface area (Å²) in [5, 5.41) is 9.19. The average Bonchev–Trinajstić information content (AvgIpc) is 2.57. The minimum Gasteiger partial charge on any atom is -0.492 e. The number of carbonyl (C=O) groups is 1. The van der Waals surface area contributed by atoms with Crippen molar-refractivity contribution in [2.45, 2.75) is 32.7 Å². The maximum absolute atomic E-state index is 11.7. The molecule has 6 nitrogen and oxygen atoms in total. The molecule has 1 rings (SSSR count). The minimum absolute atomic E-state index is 0. The second kappa shape index (κ2) is 13.9. The van der Waals surface area contributed by atoms with E-state index in [9.17, 15) is 4.79 Å². The van der Waals surface area contributed by atoms with E-state index in [4.69, 9.17) is 4.74 Å². The molecule has 1 unspecified atom stereocenters. The summed E-state index contributed by atoms with van der Waals surface area (Å²) in [6.07, 6.45) is 1.36. The van der Waals surface area contributed by atoms with Gasteiger partial charge in [-0.25, -0.2) is 0 Å². The highest BCUT2D eigenvalue weighted by atomic mass is 127. The van der Waals surface area contributed by atoms with Crippen LogP contribution >= 0.6 is 24.0 Å². The number of guanidine groups is 1. The van der Waals surface area contributed by atoms with Crippen LogP contribution in [0.5, 0.6) is 5.75 Å². The first-order valence-electron chi connectivity index (χ1n) is 8.07. The zero-order chi connectivity index (χ0) is 16.9. The lowest BCUT2D eigenvalue weighted by atomic mass is 10.2. The Balaban J connectivity index is 0.00000529. The molecule has 0 spiro atoms. The summed E-state index contributed by atoms with van der Waals surface area (Å²) in [4.78, 5) is 15.8. The Bertz CT molecular complexity index is 483. The number of halogens is 1. The summed E-state index contributed by atoms with van der Waals surface area (Å²) in [5.41, 5.74) is 0. The molecule has 0 aliphatic heterocycles. The van der Waals surface area contributed by atoms with E-state index in [1.807, 2.05) is 44.2 Å². The molecule has 3 N–H and O–H groups in total. The van der Waals surface area contributed by atoms with Crippen molar-refractivity contribution in [1.29, 1.82) is 0 Å². The number of para-hydroxylation sites is 1. The zero-order valence-corrected chi connectivity index (χ0v) is 17.0. The first kappa shape index (κ1) is 22.5. The molecule has 0 aliphatic rings. The molecule has 0 radical (unpaired) electrons. The highest BCUT2D eigenvalue weighted by molar-refractivity contribution is 14.0. The van der Waals surface area contributed by atoms with E-state index in [-0.39, 0.29) is 35.9 Å². The molecular weight excluding hydrogens is 419 g/mol. The molecule has 1 atom stereocenters. The molecule has 0 aliphatic carbocycles. The normalized spacial score (nSPS) is 11.9. The van der Waals surface area contributed by atoms with E-state index in [2.05, 4.69) is 20.9 Å². The number of hydrogen-bond donors (Lipinski definition) is 3. The van der Waals surface area contributed by atoms with Gasteiger partial charge in [0.25, 0.3) is 0 Å². The van der Waals surface area contributed by atoms with Crippen LogP contribution in [0.15, 0.2) is 35.3 Å². The molecule has 0 saturated carbocycles. The second-order valence-corrected chi connectivity index (χ2v) is 5.21. The van der Waals surface area contributed by atoms with Gasteiger partial charge in [0.05, 0.1) is 6.54 Å². The first-order valence-corrected chi connectivity index (χ1v) is 8.07. The Morgan fingerprint density at radius 3 is 2.50 bits per heavy atom. The molecule has 0 heterocycles. The molecule has 0 bridgehead atoms. The Morgan fingerprint density at radius 2 is 1.88 bits per heavy atom. The summed E-state index contributed by atoms with van der Waals surface area (Å²) in [7, 11) is 1.70. The van der Waals surface area contributed by atoms with Gasteiger partial charge in [0.2, 0.25) is 5.91 Å². The van der Waals surface area contributed by atoms with Gasteiger partial charge < -0.3 is 20.7 Å². The number of hydrogen-bond acceptors (Lipinski definition) is 3. The average molecular weight is 448 g/mol. The maximum atomic E-state index is 11.7. The van der Waals surface area contributed by atoms with Crippen LogP contribution in [0.3, 0.4) is 0 Å². The lowest BCUT2D eigenvalue weighted by molar-refractivity contribution is -0.121. The van der Waals surface area contributed by atoms with Crippen molar-refractivity contribution in [3.8, 4) is 5.75 Å². The minimum atomic E-state index is 0. The zero-order valence-electron chi connectivity index (χ0n) is 14.7. The van der Waals surface area contributed by atoms with Crippen LogP contribution in [0.25, 0.3) is 0 Å². The van der Waals surface area contributed by atoms with Crippen molar-refractivity contribution in [1.82, 2.24) is 16.0 Å². The number of aliphatic imine (C=N–C) groups is 1. The largest absolute Gasteiger partial charge is 0.492 e. The molecule has 136 valence electrons. The molecule has 1 aromatic carbocycles. The molecule has 0 saturated heterocycles. The number of nitrogens with one attached hydrogen (secondary N) is 3. The van der Waals surface area contributed by atoms with Gasteiger partial charge >= 0.3 is 0 Å². The fourth-order valence-corrected chi connectivity index (χ4v) is 1.82. The Kier molecular flexibility index (Phi) is 13.0. The van der Waals surface area contributed by atoms with Gasteiger partial charge in [-0.3, -0.25) is 9.79 Å². The van der Waals surface area contributed by atoms with Gasteiger partial charge in [0.1, 0.15) is 12.4 Å². The summed E-state index contributed by atoms with van der Waals surface area (Å²) in [6.45, 7) is 5.76. The summed E-state index contributed by atoms with van der Waals surface area (Å²) >= 11 is 0. The van der Waals surface area contributed by atoms with Gasteiger partial charge in [0.15, 0.2) is 5.96 Å². The lowest BCUT2D eigenvalue weighted by Crippen LogP contribution is -2.41. The van der Waals surface area contributed by atoms with E-state index in [0.717, 1.165) is 12.2 Å². The van der Waals surface area contributed by atoms with Crippen molar-refractivity contribution in [2.24, 2.45) is 4.99 Å². The predicted molar refractivity (Wildman–Crippen MR) is 109 cm³/mol. The maximum Gasteiger partial charge on any atom is 0.221 e. The third-order valence-corrected chi connectivity index (χ3v) is 3.29. The Labute approximate surface area is 161 Å². The number of benzene rings is 1. The quantitative estimate of drug-likeness (QED) is 0.234. The summed E-state index contributed by atoms with van der Waals surface area (Å²) in [5.74, 6) is 1.56. The van der Waals surface area contributed by atoms with Gasteiger partial charge in [-0.15, -0.1) is 24.0 Å². The molecule has 1 amide bonds. The number of ether oxygens (including phenoxy) is 1. The summed E-state index contributed by atoms with van der Waals surface area (Å²) < 4.78 is 5.59. The fourth-order valence-electron chi connectivity index (χ4n) is 1.82. The van der Waals surface area contributed by atoms with Crippen molar-refractivity contribution in [3.63, 3.8) is 0 Å². The number of rotatable bonds is 9. The van der Waals surface area contributed by atoms with Crippen LogP contribution in [0.4, 0.5) is 0 Å². The molecule has 24 heavy (non-hydrogen) atoms. The van der Waals surface area contributed by atoms with Crippen LogP contribution in [0.1, 0.15) is 26.7 Å². The molecule has 0 fully saturated rings. The topological polar surface area (TPSA) is 74.8 Å². The van der Waals surface area contributed by atoms with Gasteiger partial charge in [0, 0.05) is 26.1 Å². The third-order valence-electron chi connectivity index (χ3n) is 3.29. The Hall–Kier alpha value is -1.51. The Morgan fingerprint density at radius 1 is 1.21 bits per heavy atom. The fraction of sp³-hybridized carbons (Fsp3) is 0.529. The van der Waals surface area contributed by atoms with E-state index in [1.165, 1.54) is 0 Å². The SMILES string of the molecule is CCC(C)NC(=O)CCNC(=NC)NCCOc1ccccc1.I. The van der Waals surface area contributed by atoms with E-state index in [0.29, 0.717) is 32.1 Å². The summed E-state index contributed by atoms with van der Waals surface area (Å²) in [6, 6.07) is 9.89. The first-order chi connectivity index (χ1) is 11.2. The smallest absolute Gasteiger partial charge is 0.221 e. The number of carbonyl (C=O) groups excluding carboxylic acids is 1. The highest BCUT2D eigenvalue weighted by Crippen LogP contribution is 2.07. The number of amides is 1. The molecule has 7 heteroatoms. The standard InChI is InChI=1S/C17H28N4O2.HI/c1-4-14(2)21-16(22)10-11-19-17(18-3)20-12-13-23-15-8-6-5-7-9-15;/h5-9,14H,4,10-13H2,1-3H3,(H,21,22)(H2,18,19,20);1H. The van der Waals surface area contributed by atoms with Crippen molar-refractivity contribution < 1.29 is 9.53 Å². The van der Waals surface area contributed by atoms with Crippen LogP contribution in [0, 0.1) is 0 Å². The third kappa shape index (κ3) is 10.3.